The summed E-state index contributed by atoms with van der Waals surface area (Å²) in [6.07, 6.45) is 11.7. The van der Waals surface area contributed by atoms with Crippen LogP contribution in [0.2, 0.25) is 0 Å². The third-order valence-electron chi connectivity index (χ3n) is 10.3. The van der Waals surface area contributed by atoms with Crippen LogP contribution in [0.15, 0.2) is 72.8 Å². The zero-order valence-corrected chi connectivity index (χ0v) is 25.4. The van der Waals surface area contributed by atoms with Crippen LogP contribution in [0.25, 0.3) is 0 Å². The SMILES string of the molecule is Cc1cc(O)c(C(c2ccccc2)(c2ccc(O)c(O)c2)c2cc(C3CCCCC3)c(C)cc2O)cc1C1CCCCC1. The van der Waals surface area contributed by atoms with E-state index in [1.165, 1.54) is 55.7 Å². The second-order valence-electron chi connectivity index (χ2n) is 12.9. The number of phenols is 4. The summed E-state index contributed by atoms with van der Waals surface area (Å²) in [5.41, 5.74) is 6.30. The van der Waals surface area contributed by atoms with Gasteiger partial charge in [0, 0.05) is 11.1 Å². The minimum Gasteiger partial charge on any atom is -0.508 e. The Morgan fingerprint density at radius 1 is 0.488 bits per heavy atom. The Bertz CT molecular complexity index is 1520. The first kappa shape index (κ1) is 29.2. The fourth-order valence-corrected chi connectivity index (χ4v) is 8.11. The Morgan fingerprint density at radius 2 is 0.977 bits per heavy atom. The quantitative estimate of drug-likeness (QED) is 0.136. The van der Waals surface area contributed by atoms with Gasteiger partial charge < -0.3 is 20.4 Å². The molecule has 4 nitrogen and oxygen atoms in total. The molecule has 4 heteroatoms. The van der Waals surface area contributed by atoms with Crippen LogP contribution in [0, 0.1) is 13.8 Å². The first-order chi connectivity index (χ1) is 20.8. The number of phenolic OH excluding ortho intramolecular Hbond substituents is 4. The van der Waals surface area contributed by atoms with Crippen molar-refractivity contribution in [3.05, 3.63) is 117 Å². The summed E-state index contributed by atoms with van der Waals surface area (Å²) >= 11 is 0. The molecule has 4 aromatic carbocycles. The topological polar surface area (TPSA) is 80.9 Å². The number of rotatable bonds is 6. The minimum atomic E-state index is -1.17. The van der Waals surface area contributed by atoms with Gasteiger partial charge in [0.25, 0.3) is 0 Å². The van der Waals surface area contributed by atoms with E-state index >= 15 is 0 Å². The molecular weight excluding hydrogens is 532 g/mol. The second-order valence-corrected chi connectivity index (χ2v) is 12.9. The van der Waals surface area contributed by atoms with Crippen molar-refractivity contribution in [1.82, 2.24) is 0 Å². The van der Waals surface area contributed by atoms with Crippen LogP contribution >= 0.6 is 0 Å². The monoisotopic (exact) mass is 576 g/mol. The molecule has 0 spiro atoms. The van der Waals surface area contributed by atoms with Gasteiger partial charge in [-0.1, -0.05) is 74.9 Å². The first-order valence-electron chi connectivity index (χ1n) is 16.1. The summed E-state index contributed by atoms with van der Waals surface area (Å²) in [5, 5.41) is 45.1. The van der Waals surface area contributed by atoms with E-state index in [-0.39, 0.29) is 23.0 Å². The van der Waals surface area contributed by atoms with Gasteiger partial charge in [0.2, 0.25) is 0 Å². The smallest absolute Gasteiger partial charge is 0.157 e. The molecule has 2 saturated carbocycles. The molecule has 4 N–H and O–H groups in total. The molecule has 43 heavy (non-hydrogen) atoms. The predicted molar refractivity (Wildman–Crippen MR) is 173 cm³/mol. The molecule has 4 aromatic rings. The Hall–Kier alpha value is -3.92. The fraction of sp³-hybridized carbons (Fsp3) is 0.385. The average molecular weight is 577 g/mol. The van der Waals surface area contributed by atoms with E-state index < -0.39 is 5.41 Å². The van der Waals surface area contributed by atoms with E-state index in [2.05, 4.69) is 26.0 Å². The Kier molecular flexibility index (Phi) is 8.13. The summed E-state index contributed by atoms with van der Waals surface area (Å²) in [6.45, 7) is 4.16. The molecule has 0 unspecified atom stereocenters. The Morgan fingerprint density at radius 3 is 1.44 bits per heavy atom. The average Bonchev–Trinajstić information content (AvgIpc) is 3.02. The largest absolute Gasteiger partial charge is 0.508 e. The highest BCUT2D eigenvalue weighted by atomic mass is 16.3. The van der Waals surface area contributed by atoms with E-state index in [1.54, 1.807) is 12.1 Å². The lowest BCUT2D eigenvalue weighted by molar-refractivity contribution is 0.401. The van der Waals surface area contributed by atoms with Crippen LogP contribution in [0.4, 0.5) is 0 Å². The summed E-state index contributed by atoms with van der Waals surface area (Å²) in [6, 6.07) is 23.0. The normalized spacial score (nSPS) is 16.8. The summed E-state index contributed by atoms with van der Waals surface area (Å²) in [4.78, 5) is 0. The van der Waals surface area contributed by atoms with Gasteiger partial charge in [0.05, 0.1) is 5.41 Å². The van der Waals surface area contributed by atoms with E-state index in [0.29, 0.717) is 28.5 Å². The number of hydrogen-bond acceptors (Lipinski definition) is 4. The highest BCUT2D eigenvalue weighted by molar-refractivity contribution is 5.69. The van der Waals surface area contributed by atoms with Crippen molar-refractivity contribution in [3.63, 3.8) is 0 Å². The number of aryl methyl sites for hydroxylation is 2. The number of benzene rings is 4. The molecule has 2 aliphatic rings. The van der Waals surface area contributed by atoms with Gasteiger partial charge in [-0.15, -0.1) is 0 Å². The van der Waals surface area contributed by atoms with Crippen LogP contribution in [-0.4, -0.2) is 20.4 Å². The lowest BCUT2D eigenvalue weighted by Gasteiger charge is -2.39. The van der Waals surface area contributed by atoms with Crippen molar-refractivity contribution in [1.29, 1.82) is 0 Å². The maximum Gasteiger partial charge on any atom is 0.157 e. The summed E-state index contributed by atoms with van der Waals surface area (Å²) in [7, 11) is 0. The van der Waals surface area contributed by atoms with Crippen LogP contribution < -0.4 is 0 Å². The van der Waals surface area contributed by atoms with Crippen LogP contribution in [0.3, 0.4) is 0 Å². The maximum absolute atomic E-state index is 11.9. The summed E-state index contributed by atoms with van der Waals surface area (Å²) in [5.74, 6) is 0.646. The van der Waals surface area contributed by atoms with Crippen LogP contribution in [0.5, 0.6) is 23.0 Å². The van der Waals surface area contributed by atoms with Gasteiger partial charge in [-0.3, -0.25) is 0 Å². The van der Waals surface area contributed by atoms with Gasteiger partial charge in [-0.25, -0.2) is 0 Å². The molecule has 0 atom stereocenters. The highest BCUT2D eigenvalue weighted by Gasteiger charge is 2.44. The van der Waals surface area contributed by atoms with Crippen molar-refractivity contribution in [2.45, 2.75) is 95.3 Å². The molecule has 6 rings (SSSR count). The predicted octanol–water partition coefficient (Wildman–Crippen LogP) is 9.60. The molecular formula is C39H44O4. The molecule has 2 fully saturated rings. The van der Waals surface area contributed by atoms with Crippen molar-refractivity contribution in [2.24, 2.45) is 0 Å². The molecule has 0 aromatic heterocycles. The van der Waals surface area contributed by atoms with Crippen molar-refractivity contribution < 1.29 is 20.4 Å². The van der Waals surface area contributed by atoms with Gasteiger partial charge >= 0.3 is 0 Å². The molecule has 0 aliphatic heterocycles. The fourth-order valence-electron chi connectivity index (χ4n) is 8.11. The van der Waals surface area contributed by atoms with Gasteiger partial charge in [-0.05, 0) is 121 Å². The molecule has 224 valence electrons. The Balaban J connectivity index is 1.73. The molecule has 0 heterocycles. The lowest BCUT2D eigenvalue weighted by atomic mass is 9.63. The zero-order valence-electron chi connectivity index (χ0n) is 25.4. The minimum absolute atomic E-state index is 0.146. The van der Waals surface area contributed by atoms with Crippen LogP contribution in [-0.2, 0) is 5.41 Å². The lowest BCUT2D eigenvalue weighted by Crippen LogP contribution is -2.32. The molecule has 0 radical (unpaired) electrons. The number of aromatic hydroxyl groups is 4. The van der Waals surface area contributed by atoms with Crippen LogP contribution in [0.1, 0.15) is 121 Å². The Labute approximate surface area is 255 Å². The van der Waals surface area contributed by atoms with E-state index in [4.69, 9.17) is 0 Å². The van der Waals surface area contributed by atoms with Gasteiger partial charge in [-0.2, -0.15) is 0 Å². The van der Waals surface area contributed by atoms with Gasteiger partial charge in [0.1, 0.15) is 11.5 Å². The second kappa shape index (κ2) is 12.0. The molecule has 0 amide bonds. The third kappa shape index (κ3) is 5.26. The molecule has 0 saturated heterocycles. The first-order valence-corrected chi connectivity index (χ1v) is 16.1. The van der Waals surface area contributed by atoms with Crippen molar-refractivity contribution in [3.8, 4) is 23.0 Å². The standard InChI is InChI=1S/C39H44O4/c1-25-20-36(41)33(23-31(25)27-12-6-3-7-13-27)39(29-16-10-5-11-17-29,30-18-19-35(40)38(43)22-30)34-24-32(26(2)21-37(34)42)28-14-8-4-9-15-28/h5,10-11,16-24,27-28,40-43H,3-4,6-9,12-15H2,1-2H3. The summed E-state index contributed by atoms with van der Waals surface area (Å²) < 4.78 is 0. The number of hydrogen-bond donors (Lipinski definition) is 4. The van der Waals surface area contributed by atoms with Crippen molar-refractivity contribution in [2.75, 3.05) is 0 Å². The van der Waals surface area contributed by atoms with E-state index in [9.17, 15) is 20.4 Å². The molecule has 2 aliphatic carbocycles. The highest BCUT2D eigenvalue weighted by Crippen LogP contribution is 2.54. The van der Waals surface area contributed by atoms with Crippen molar-refractivity contribution >= 4 is 0 Å². The van der Waals surface area contributed by atoms with E-state index in [0.717, 1.165) is 42.4 Å². The zero-order chi connectivity index (χ0) is 30.1. The van der Waals surface area contributed by atoms with Gasteiger partial charge in [0.15, 0.2) is 11.5 Å². The third-order valence-corrected chi connectivity index (χ3v) is 10.3. The molecule has 0 bridgehead atoms. The van der Waals surface area contributed by atoms with E-state index in [1.807, 2.05) is 42.5 Å². The maximum atomic E-state index is 11.9.